The van der Waals surface area contributed by atoms with Crippen LogP contribution in [0, 0.1) is 16.7 Å². The number of methoxy groups -OCH3 is 2. The molecule has 3 aromatic rings. The first-order valence-electron chi connectivity index (χ1n) is 13.2. The van der Waals surface area contributed by atoms with E-state index in [0.29, 0.717) is 55.8 Å². The number of nitrogens with one attached hydrogen (secondary N) is 1. The molecule has 2 heterocycles. The number of benzene rings is 2. The lowest BCUT2D eigenvalue weighted by Gasteiger charge is -2.42. The van der Waals surface area contributed by atoms with Crippen molar-refractivity contribution in [3.05, 3.63) is 75.7 Å². The normalized spacial score (nSPS) is 17.8. The molecule has 10 nitrogen and oxygen atoms in total. The molecule has 1 unspecified atom stereocenters. The summed E-state index contributed by atoms with van der Waals surface area (Å²) in [6.45, 7) is 4.06. The lowest BCUT2D eigenvalue weighted by molar-refractivity contribution is -0.118. The van der Waals surface area contributed by atoms with Crippen LogP contribution in [-0.2, 0) is 9.59 Å². The fraction of sp³-hybridized carbons (Fsp3) is 0.300. The summed E-state index contributed by atoms with van der Waals surface area (Å²) < 4.78 is 11.1. The number of hydrogen-bond donors (Lipinski definition) is 2. The van der Waals surface area contributed by atoms with Crippen LogP contribution in [0.25, 0.3) is 0 Å². The van der Waals surface area contributed by atoms with Crippen LogP contribution in [0.4, 0.5) is 10.8 Å². The molecular weight excluding hydrogens is 608 g/mol. The Balaban J connectivity index is 1.42. The molecule has 0 fully saturated rings. The van der Waals surface area contributed by atoms with Gasteiger partial charge >= 0.3 is 0 Å². The third kappa shape index (κ3) is 6.20. The summed E-state index contributed by atoms with van der Waals surface area (Å²) in [6, 6.07) is 14.5. The number of halogens is 1. The number of rotatable bonds is 8. The number of carbonyl (C=O) groups is 2. The zero-order valence-electron chi connectivity index (χ0n) is 23.9. The molecule has 1 aromatic heterocycles. The molecule has 0 saturated heterocycles. The number of carbonyl (C=O) groups excluding carboxylic acids is 2. The van der Waals surface area contributed by atoms with E-state index in [0.717, 1.165) is 5.56 Å². The van der Waals surface area contributed by atoms with E-state index in [1.54, 1.807) is 42.3 Å². The maximum atomic E-state index is 13.7. The molecule has 2 aliphatic rings. The van der Waals surface area contributed by atoms with Crippen LogP contribution >= 0.6 is 34.7 Å². The summed E-state index contributed by atoms with van der Waals surface area (Å²) in [5, 5.41) is 22.7. The van der Waals surface area contributed by atoms with Crippen LogP contribution in [0.15, 0.2) is 69.5 Å². The van der Waals surface area contributed by atoms with Gasteiger partial charge < -0.3 is 20.5 Å². The van der Waals surface area contributed by atoms with Crippen molar-refractivity contribution in [3.63, 3.8) is 0 Å². The Kier molecular flexibility index (Phi) is 8.69. The second kappa shape index (κ2) is 12.3. The highest BCUT2D eigenvalue weighted by molar-refractivity contribution is 8.01. The van der Waals surface area contributed by atoms with E-state index >= 15 is 0 Å². The Morgan fingerprint density at radius 3 is 2.58 bits per heavy atom. The number of allylic oxidation sites excluding steroid dienone is 3. The fourth-order valence-electron chi connectivity index (χ4n) is 5.31. The highest BCUT2D eigenvalue weighted by Crippen LogP contribution is 2.50. The van der Waals surface area contributed by atoms with E-state index in [1.165, 1.54) is 30.2 Å². The topological polar surface area (TPSA) is 143 Å². The smallest absolute Gasteiger partial charge is 0.234 e. The van der Waals surface area contributed by atoms with Gasteiger partial charge in [-0.3, -0.25) is 14.5 Å². The Labute approximate surface area is 262 Å². The first-order valence-corrected chi connectivity index (χ1v) is 15.4. The zero-order valence-corrected chi connectivity index (χ0v) is 26.3. The third-order valence-electron chi connectivity index (χ3n) is 7.17. The summed E-state index contributed by atoms with van der Waals surface area (Å²) in [6.07, 6.45) is 0.891. The predicted octanol–water partition coefficient (Wildman–Crippen LogP) is 5.88. The Morgan fingerprint density at radius 2 is 1.91 bits per heavy atom. The third-order valence-corrected chi connectivity index (χ3v) is 9.46. The number of Topliss-reactive ketones (excluding diaryl/α,β-unsaturated/α-hetero) is 1. The first-order chi connectivity index (χ1) is 20.5. The van der Waals surface area contributed by atoms with Crippen molar-refractivity contribution in [2.24, 2.45) is 11.1 Å². The molecule has 0 radical (unpaired) electrons. The van der Waals surface area contributed by atoms with Gasteiger partial charge in [0.2, 0.25) is 11.0 Å². The predicted molar refractivity (Wildman–Crippen MR) is 167 cm³/mol. The van der Waals surface area contributed by atoms with E-state index < -0.39 is 5.92 Å². The molecular formula is C30H29ClN6O4S2. The Bertz CT molecular complexity index is 1690. The fourth-order valence-corrected chi connectivity index (χ4v) is 7.11. The van der Waals surface area contributed by atoms with Crippen molar-refractivity contribution in [3.8, 4) is 17.6 Å². The standard InChI is InChI=1S/C30H29ClN6O4S2/c1-30(2)12-20-26(21(38)13-30)25(16-5-7-17(31)8-6-16)19(14-32)27(33)37(20)28-35-36-29(43-28)42-15-24(39)34-18-9-10-22(40-3)23(11-18)41-4/h5-11,25H,12-13,15,33H2,1-4H3,(H,34,39). The van der Waals surface area contributed by atoms with Gasteiger partial charge in [0.1, 0.15) is 5.82 Å². The average Bonchev–Trinajstić information content (AvgIpc) is 3.43. The maximum Gasteiger partial charge on any atom is 0.234 e. The minimum absolute atomic E-state index is 0.0394. The van der Waals surface area contributed by atoms with E-state index in [4.69, 9.17) is 26.8 Å². The molecule has 3 N–H and O–H groups in total. The number of ketones is 1. The first kappa shape index (κ1) is 30.4. The highest BCUT2D eigenvalue weighted by atomic mass is 35.5. The van der Waals surface area contributed by atoms with E-state index in [1.807, 2.05) is 26.0 Å². The number of ether oxygens (including phenoxy) is 2. The molecule has 0 spiro atoms. The summed E-state index contributed by atoms with van der Waals surface area (Å²) in [5.74, 6) is 0.445. The largest absolute Gasteiger partial charge is 0.493 e. The van der Waals surface area contributed by atoms with Crippen molar-refractivity contribution >= 4 is 57.2 Å². The molecule has 1 aliphatic carbocycles. The molecule has 13 heteroatoms. The number of nitrogens with two attached hydrogens (primary N) is 1. The van der Waals surface area contributed by atoms with Gasteiger partial charge in [-0.15, -0.1) is 10.2 Å². The van der Waals surface area contributed by atoms with Crippen LogP contribution in [0.3, 0.4) is 0 Å². The van der Waals surface area contributed by atoms with Crippen LogP contribution in [0.5, 0.6) is 11.5 Å². The van der Waals surface area contributed by atoms with Crippen LogP contribution in [0.1, 0.15) is 38.2 Å². The number of hydrogen-bond acceptors (Lipinski definition) is 11. The van der Waals surface area contributed by atoms with Crippen LogP contribution in [-0.4, -0.2) is 41.9 Å². The van der Waals surface area contributed by atoms with Gasteiger partial charge in [0.25, 0.3) is 0 Å². The summed E-state index contributed by atoms with van der Waals surface area (Å²) in [5.41, 5.74) is 9.18. The Morgan fingerprint density at radius 1 is 1.19 bits per heavy atom. The molecule has 5 rings (SSSR count). The number of thioether (sulfide) groups is 1. The van der Waals surface area contributed by atoms with Crippen molar-refractivity contribution in [1.82, 2.24) is 10.2 Å². The molecule has 2 aromatic carbocycles. The van der Waals surface area contributed by atoms with Crippen LogP contribution < -0.4 is 25.4 Å². The number of aromatic nitrogens is 2. The van der Waals surface area contributed by atoms with Crippen molar-refractivity contribution in [2.45, 2.75) is 36.9 Å². The van der Waals surface area contributed by atoms with E-state index in [2.05, 4.69) is 21.6 Å². The number of nitrogens with zero attached hydrogens (tertiary/aromatic N) is 4. The zero-order chi connectivity index (χ0) is 30.9. The van der Waals surface area contributed by atoms with Gasteiger partial charge in [0, 0.05) is 34.5 Å². The van der Waals surface area contributed by atoms with Gasteiger partial charge in [-0.1, -0.05) is 60.7 Å². The molecule has 1 atom stereocenters. The molecule has 1 amide bonds. The van der Waals surface area contributed by atoms with Gasteiger partial charge in [-0.05, 0) is 41.7 Å². The van der Waals surface area contributed by atoms with Gasteiger partial charge in [-0.25, -0.2) is 0 Å². The van der Waals surface area contributed by atoms with Crippen LogP contribution in [0.2, 0.25) is 5.02 Å². The highest BCUT2D eigenvalue weighted by Gasteiger charge is 2.45. The molecule has 0 bridgehead atoms. The van der Waals surface area contributed by atoms with Gasteiger partial charge in [0.15, 0.2) is 21.6 Å². The number of amides is 1. The summed E-state index contributed by atoms with van der Waals surface area (Å²) in [7, 11) is 3.07. The minimum atomic E-state index is -0.612. The molecule has 0 saturated carbocycles. The average molecular weight is 637 g/mol. The molecule has 43 heavy (non-hydrogen) atoms. The SMILES string of the molecule is COc1ccc(NC(=O)CSc2nnc(N3C(N)=C(C#N)C(c4ccc(Cl)cc4)C4=C3CC(C)(C)CC4=O)s2)cc1OC. The lowest BCUT2D eigenvalue weighted by Crippen LogP contribution is -2.42. The second-order valence-electron chi connectivity index (χ2n) is 10.8. The second-order valence-corrected chi connectivity index (χ2v) is 13.4. The van der Waals surface area contributed by atoms with E-state index in [-0.39, 0.29) is 34.3 Å². The van der Waals surface area contributed by atoms with Crippen molar-refractivity contribution in [1.29, 1.82) is 5.26 Å². The Hall–Kier alpha value is -4.05. The van der Waals surface area contributed by atoms with E-state index in [9.17, 15) is 14.9 Å². The van der Waals surface area contributed by atoms with Crippen molar-refractivity contribution < 1.29 is 19.1 Å². The van der Waals surface area contributed by atoms with Crippen molar-refractivity contribution in [2.75, 3.05) is 30.2 Å². The monoisotopic (exact) mass is 636 g/mol. The van der Waals surface area contributed by atoms with Gasteiger partial charge in [0.05, 0.1) is 37.5 Å². The number of nitriles is 1. The summed E-state index contributed by atoms with van der Waals surface area (Å²) >= 11 is 8.58. The van der Waals surface area contributed by atoms with Gasteiger partial charge in [-0.2, -0.15) is 5.26 Å². The maximum absolute atomic E-state index is 13.7. The summed E-state index contributed by atoms with van der Waals surface area (Å²) in [4.78, 5) is 28.0. The molecule has 222 valence electrons. The quantitative estimate of drug-likeness (QED) is 0.288. The number of anilines is 2. The lowest BCUT2D eigenvalue weighted by atomic mass is 9.69. The molecule has 1 aliphatic heterocycles. The minimum Gasteiger partial charge on any atom is -0.493 e.